The molecule has 0 rings (SSSR count). The fourth-order valence-corrected chi connectivity index (χ4v) is 4.60. The maximum atomic E-state index is 12.3. The summed E-state index contributed by atoms with van der Waals surface area (Å²) in [5.41, 5.74) is 0. The van der Waals surface area contributed by atoms with Gasteiger partial charge in [0.2, 0.25) is 0 Å². The Kier molecular flexibility index (Phi) is 22.2. The second-order valence-electron chi connectivity index (χ2n) is 11.2. The Morgan fingerprint density at radius 3 is 1.68 bits per heavy atom. The smallest absolute Gasteiger partial charge is 0.462 e. The van der Waals surface area contributed by atoms with Crippen molar-refractivity contribution in [1.29, 1.82) is 0 Å². The average molecular weight is 567 g/mol. The number of phosphoric ester groups is 1. The highest BCUT2D eigenvalue weighted by atomic mass is 31.2. The Morgan fingerprint density at radius 2 is 1.24 bits per heavy atom. The molecular weight excluding hydrogens is 509 g/mol. The third-order valence-electron chi connectivity index (χ3n) is 6.20. The third kappa shape index (κ3) is 26.6. The molecule has 0 aliphatic rings. The molecule has 0 saturated carbocycles. The van der Waals surface area contributed by atoms with Crippen LogP contribution in [0.25, 0.3) is 0 Å². The molecule has 0 saturated heterocycles. The van der Waals surface area contributed by atoms with Gasteiger partial charge in [0.1, 0.15) is 19.8 Å². The first-order valence-electron chi connectivity index (χ1n) is 14.7. The van der Waals surface area contributed by atoms with Crippen molar-refractivity contribution >= 4 is 19.8 Å². The van der Waals surface area contributed by atoms with E-state index in [0.717, 1.165) is 12.8 Å². The molecule has 10 heteroatoms. The van der Waals surface area contributed by atoms with Gasteiger partial charge in [-0.2, -0.15) is 0 Å². The van der Waals surface area contributed by atoms with E-state index in [4.69, 9.17) is 18.5 Å². The highest BCUT2D eigenvalue weighted by Gasteiger charge is 2.26. The number of hydrogen-bond acceptors (Lipinski definition) is 7. The summed E-state index contributed by atoms with van der Waals surface area (Å²) in [5, 5.41) is 0. The second-order valence-corrected chi connectivity index (χ2v) is 12.7. The van der Waals surface area contributed by atoms with Crippen LogP contribution in [0.3, 0.4) is 0 Å². The quantitative estimate of drug-likeness (QED) is 0.0543. The predicted molar refractivity (Wildman–Crippen MR) is 151 cm³/mol. The molecule has 1 unspecified atom stereocenters. The number of likely N-dealkylation sites (N-methyl/N-ethyl adjacent to an activating group) is 1. The Hall–Kier alpha value is -0.990. The molecule has 0 bridgehead atoms. The van der Waals surface area contributed by atoms with Crippen LogP contribution in [-0.2, 0) is 32.7 Å². The zero-order chi connectivity index (χ0) is 28.7. The summed E-state index contributed by atoms with van der Waals surface area (Å²) in [5.74, 6) is -0.987. The van der Waals surface area contributed by atoms with Gasteiger partial charge in [0, 0.05) is 13.3 Å². The molecule has 0 aliphatic carbocycles. The third-order valence-corrected chi connectivity index (χ3v) is 7.18. The molecule has 0 amide bonds. The van der Waals surface area contributed by atoms with E-state index in [9.17, 15) is 19.0 Å². The molecule has 2 atom stereocenters. The van der Waals surface area contributed by atoms with Gasteiger partial charge in [-0.3, -0.25) is 18.6 Å². The lowest BCUT2D eigenvalue weighted by Crippen LogP contribution is -2.37. The number of nitrogens with zero attached hydrogens (tertiary/aromatic N) is 1. The molecule has 0 aromatic rings. The highest BCUT2D eigenvalue weighted by molar-refractivity contribution is 7.47. The molecule has 9 nitrogen and oxygen atoms in total. The molecule has 38 heavy (non-hydrogen) atoms. The standard InChI is InChI=1S/C28H56NO8P/c1-6-7-8-9-10-11-12-13-14-15-16-17-18-19-20-21-28(31)37-27(24-34-26(2)30)25-36-38(32,33)35-23-22-29(3,4)5/h27H,6-25H2,1-5H3/p+1/t27-/m1/s1. The lowest BCUT2D eigenvalue weighted by molar-refractivity contribution is -0.870. The number of quaternary nitrogens is 1. The van der Waals surface area contributed by atoms with Crippen molar-refractivity contribution < 1.29 is 42.1 Å². The van der Waals surface area contributed by atoms with E-state index < -0.39 is 32.5 Å². The number of esters is 2. The summed E-state index contributed by atoms with van der Waals surface area (Å²) >= 11 is 0. The van der Waals surface area contributed by atoms with Gasteiger partial charge in [0.15, 0.2) is 6.10 Å². The molecule has 0 fully saturated rings. The minimum absolute atomic E-state index is 0.0326. The number of phosphoric acid groups is 1. The lowest BCUT2D eigenvalue weighted by Gasteiger charge is -2.24. The molecule has 0 spiro atoms. The van der Waals surface area contributed by atoms with E-state index in [1.165, 1.54) is 84.0 Å². The fourth-order valence-electron chi connectivity index (χ4n) is 3.86. The van der Waals surface area contributed by atoms with Crippen LogP contribution in [0.1, 0.15) is 117 Å². The van der Waals surface area contributed by atoms with Crippen LogP contribution < -0.4 is 0 Å². The van der Waals surface area contributed by atoms with Gasteiger partial charge < -0.3 is 18.9 Å². The van der Waals surface area contributed by atoms with Gasteiger partial charge in [-0.25, -0.2) is 4.57 Å². The zero-order valence-electron chi connectivity index (χ0n) is 24.9. The molecular formula is C28H57NO8P+. The van der Waals surface area contributed by atoms with E-state index in [1.54, 1.807) is 0 Å². The van der Waals surface area contributed by atoms with E-state index in [-0.39, 0.29) is 19.6 Å². The van der Waals surface area contributed by atoms with Crippen LogP contribution in [0, 0.1) is 0 Å². The summed E-state index contributed by atoms with van der Waals surface area (Å²) in [6.07, 6.45) is 17.9. The van der Waals surface area contributed by atoms with E-state index >= 15 is 0 Å². The summed E-state index contributed by atoms with van der Waals surface area (Å²) in [6, 6.07) is 0. The van der Waals surface area contributed by atoms with E-state index in [1.807, 2.05) is 21.1 Å². The molecule has 0 aliphatic heterocycles. The average Bonchev–Trinajstić information content (AvgIpc) is 2.82. The molecule has 0 heterocycles. The first-order chi connectivity index (χ1) is 17.9. The molecule has 0 aromatic carbocycles. The van der Waals surface area contributed by atoms with Gasteiger partial charge >= 0.3 is 19.8 Å². The van der Waals surface area contributed by atoms with Crippen molar-refractivity contribution in [1.82, 2.24) is 0 Å². The second kappa shape index (κ2) is 22.8. The molecule has 226 valence electrons. The summed E-state index contributed by atoms with van der Waals surface area (Å²) in [6.45, 7) is 3.38. The van der Waals surface area contributed by atoms with Crippen LogP contribution in [0.5, 0.6) is 0 Å². The minimum atomic E-state index is -4.32. The summed E-state index contributed by atoms with van der Waals surface area (Å²) < 4.78 is 32.9. The van der Waals surface area contributed by atoms with Gasteiger partial charge in [-0.15, -0.1) is 0 Å². The van der Waals surface area contributed by atoms with Crippen LogP contribution in [0.4, 0.5) is 0 Å². The Labute approximate surface area is 232 Å². The van der Waals surface area contributed by atoms with Crippen molar-refractivity contribution in [3.63, 3.8) is 0 Å². The number of carbonyl (C=O) groups is 2. The Bertz CT molecular complexity index is 653. The number of rotatable bonds is 26. The molecule has 0 aromatic heterocycles. The monoisotopic (exact) mass is 566 g/mol. The van der Waals surface area contributed by atoms with Crippen molar-refractivity contribution in [2.75, 3.05) is 47.5 Å². The van der Waals surface area contributed by atoms with Gasteiger partial charge in [-0.05, 0) is 6.42 Å². The van der Waals surface area contributed by atoms with Crippen LogP contribution in [-0.4, -0.2) is 74.9 Å². The maximum Gasteiger partial charge on any atom is 0.472 e. The van der Waals surface area contributed by atoms with Crippen molar-refractivity contribution in [2.45, 2.75) is 123 Å². The van der Waals surface area contributed by atoms with Crippen molar-refractivity contribution in [2.24, 2.45) is 0 Å². The van der Waals surface area contributed by atoms with Gasteiger partial charge in [-0.1, -0.05) is 96.8 Å². The van der Waals surface area contributed by atoms with Crippen LogP contribution in [0.15, 0.2) is 0 Å². The topological polar surface area (TPSA) is 108 Å². The minimum Gasteiger partial charge on any atom is -0.462 e. The van der Waals surface area contributed by atoms with Gasteiger partial charge in [0.05, 0.1) is 27.7 Å². The first kappa shape index (κ1) is 37.0. The largest absolute Gasteiger partial charge is 0.472 e. The fraction of sp³-hybridized carbons (Fsp3) is 0.929. The molecule has 1 N–H and O–H groups in total. The number of unbranched alkanes of at least 4 members (excludes halogenated alkanes) is 14. The lowest BCUT2D eigenvalue weighted by atomic mass is 10.0. The predicted octanol–water partition coefficient (Wildman–Crippen LogP) is 6.56. The summed E-state index contributed by atoms with van der Waals surface area (Å²) in [7, 11) is 1.47. The van der Waals surface area contributed by atoms with Crippen molar-refractivity contribution in [3.05, 3.63) is 0 Å². The number of hydrogen-bond donors (Lipinski definition) is 1. The molecule has 0 radical (unpaired) electrons. The van der Waals surface area contributed by atoms with E-state index in [0.29, 0.717) is 17.4 Å². The highest BCUT2D eigenvalue weighted by Crippen LogP contribution is 2.43. The Morgan fingerprint density at radius 1 is 0.763 bits per heavy atom. The Balaban J connectivity index is 3.99. The van der Waals surface area contributed by atoms with Crippen molar-refractivity contribution in [3.8, 4) is 0 Å². The van der Waals surface area contributed by atoms with Gasteiger partial charge in [0.25, 0.3) is 0 Å². The number of ether oxygens (including phenoxy) is 2. The first-order valence-corrected chi connectivity index (χ1v) is 16.2. The SMILES string of the molecule is CCCCCCCCCCCCCCCCCC(=O)O[C@H](COC(C)=O)COP(=O)(O)OCC[N+](C)(C)C. The number of carbonyl (C=O) groups excluding carboxylic acids is 2. The normalized spacial score (nSPS) is 14.2. The summed E-state index contributed by atoms with van der Waals surface area (Å²) in [4.78, 5) is 33.3. The zero-order valence-corrected chi connectivity index (χ0v) is 25.8. The van der Waals surface area contributed by atoms with Crippen LogP contribution >= 0.6 is 7.82 Å². The maximum absolute atomic E-state index is 12.3. The van der Waals surface area contributed by atoms with E-state index in [2.05, 4.69) is 6.92 Å². The van der Waals surface area contributed by atoms with Crippen LogP contribution in [0.2, 0.25) is 0 Å².